The van der Waals surface area contributed by atoms with Crippen LogP contribution in [0.3, 0.4) is 0 Å². The van der Waals surface area contributed by atoms with Gasteiger partial charge in [-0.15, -0.1) is 13.2 Å². The molecule has 0 rings (SSSR count). The van der Waals surface area contributed by atoms with Crippen molar-refractivity contribution in [1.29, 1.82) is 0 Å². The minimum absolute atomic E-state index is 0. The van der Waals surface area contributed by atoms with Gasteiger partial charge in [0.1, 0.15) is 23.4 Å². The molecule has 0 amide bonds. The summed E-state index contributed by atoms with van der Waals surface area (Å²) in [6, 6.07) is 0. The van der Waals surface area contributed by atoms with Gasteiger partial charge in [0, 0.05) is 0 Å². The Balaban J connectivity index is -0.0000000907. The Labute approximate surface area is 194 Å². The van der Waals surface area contributed by atoms with Crippen LogP contribution in [0.15, 0.2) is 0 Å². The van der Waals surface area contributed by atoms with Crippen LogP contribution >= 0.6 is 0 Å². The van der Waals surface area contributed by atoms with Crippen LogP contribution in [0.25, 0.3) is 0 Å². The predicted molar refractivity (Wildman–Crippen MR) is 104 cm³/mol. The first-order valence-electron chi connectivity index (χ1n) is 9.64. The zero-order valence-electron chi connectivity index (χ0n) is 18.7. The first-order chi connectivity index (χ1) is 13.0. The molecule has 0 saturated carbocycles. The van der Waals surface area contributed by atoms with E-state index in [0.29, 0.717) is 12.8 Å². The molecule has 0 aliphatic heterocycles. The molecule has 9 heteroatoms. The maximum Gasteiger partial charge on any atom is 2.00 e. The van der Waals surface area contributed by atoms with Crippen molar-refractivity contribution in [3.05, 3.63) is 0 Å². The quantitative estimate of drug-likeness (QED) is 0.432. The van der Waals surface area contributed by atoms with Gasteiger partial charge in [0.05, 0.1) is 0 Å². The van der Waals surface area contributed by atoms with E-state index >= 15 is 0 Å². The summed E-state index contributed by atoms with van der Waals surface area (Å²) in [4.78, 5) is 41.2. The SMILES string of the molecule is CCC(C(C)=O)C(=O)O.CCC(C(C)=O)C(=O)O.CCCC[O-].CCCC[O-].[Zr+2]. The smallest absolute Gasteiger partial charge is 0.854 e. The molecule has 0 radical (unpaired) electrons. The molecule has 0 aromatic rings. The number of carbonyl (C=O) groups excluding carboxylic acids is 2. The summed E-state index contributed by atoms with van der Waals surface area (Å²) >= 11 is 0. The molecule has 2 N–H and O–H groups in total. The predicted octanol–water partition coefficient (Wildman–Crippen LogP) is 1.66. The van der Waals surface area contributed by atoms with E-state index in [1.165, 1.54) is 13.8 Å². The molecule has 2 unspecified atom stereocenters. The molecule has 0 aliphatic rings. The van der Waals surface area contributed by atoms with Crippen molar-refractivity contribution in [3.8, 4) is 0 Å². The second kappa shape index (κ2) is 29.3. The van der Waals surface area contributed by atoms with Crippen LogP contribution in [0.2, 0.25) is 0 Å². The van der Waals surface area contributed by atoms with Gasteiger partial charge in [0.25, 0.3) is 0 Å². The summed E-state index contributed by atoms with van der Waals surface area (Å²) in [7, 11) is 0. The molecule has 0 heterocycles. The van der Waals surface area contributed by atoms with E-state index in [2.05, 4.69) is 0 Å². The van der Waals surface area contributed by atoms with Crippen molar-refractivity contribution >= 4 is 23.5 Å². The Morgan fingerprint density at radius 3 is 0.931 bits per heavy atom. The van der Waals surface area contributed by atoms with Crippen molar-refractivity contribution in [2.24, 2.45) is 11.8 Å². The van der Waals surface area contributed by atoms with Crippen LogP contribution < -0.4 is 10.2 Å². The molecule has 0 aliphatic carbocycles. The molecular formula is C20H38O8Zr. The van der Waals surface area contributed by atoms with Crippen molar-refractivity contribution in [2.45, 2.75) is 80.1 Å². The fraction of sp³-hybridized carbons (Fsp3) is 0.800. The molecular weight excluding hydrogens is 459 g/mol. The molecule has 0 spiro atoms. The standard InChI is InChI=1S/2C6H10O3.2C4H9O.Zr/c2*1-3-5(4(2)7)6(8)9;2*1-2-3-4-5;/h2*5H,3H2,1-2H3,(H,8,9);2*2-4H2,1H3;/q;;2*-1;+2. The van der Waals surface area contributed by atoms with Crippen molar-refractivity contribution in [1.82, 2.24) is 0 Å². The molecule has 2 atom stereocenters. The third kappa shape index (κ3) is 32.0. The fourth-order valence-corrected chi connectivity index (χ4v) is 1.56. The molecule has 0 aromatic heterocycles. The summed E-state index contributed by atoms with van der Waals surface area (Å²) < 4.78 is 0. The van der Waals surface area contributed by atoms with Gasteiger partial charge < -0.3 is 20.4 Å². The van der Waals surface area contributed by atoms with Crippen molar-refractivity contribution < 1.29 is 65.8 Å². The van der Waals surface area contributed by atoms with E-state index in [0.717, 1.165) is 25.7 Å². The first kappa shape index (κ1) is 38.7. The van der Waals surface area contributed by atoms with E-state index in [-0.39, 0.29) is 51.0 Å². The zero-order chi connectivity index (χ0) is 23.1. The number of carboxylic acid groups (broad SMARTS) is 2. The third-order valence-corrected chi connectivity index (χ3v) is 3.39. The summed E-state index contributed by atoms with van der Waals surface area (Å²) in [6.45, 7) is 10.2. The summed E-state index contributed by atoms with van der Waals surface area (Å²) in [6.07, 6.45) is 4.49. The van der Waals surface area contributed by atoms with Crippen LogP contribution in [-0.2, 0) is 45.4 Å². The molecule has 170 valence electrons. The number of Topliss-reactive ketones (excluding diaryl/α,β-unsaturated/α-hetero) is 2. The topological polar surface area (TPSA) is 155 Å². The maximum absolute atomic E-state index is 10.4. The van der Waals surface area contributed by atoms with Crippen molar-refractivity contribution in [2.75, 3.05) is 13.2 Å². The number of carbonyl (C=O) groups is 4. The number of hydrogen-bond donors (Lipinski definition) is 2. The summed E-state index contributed by atoms with van der Waals surface area (Å²) in [5.41, 5.74) is 0. The molecule has 29 heavy (non-hydrogen) atoms. The Morgan fingerprint density at radius 2 is 0.931 bits per heavy atom. The third-order valence-electron chi connectivity index (χ3n) is 3.39. The number of hydrogen-bond acceptors (Lipinski definition) is 6. The van der Waals surface area contributed by atoms with E-state index in [9.17, 15) is 29.4 Å². The number of rotatable bonds is 10. The Hall–Kier alpha value is -0.917. The average Bonchev–Trinajstić information content (AvgIpc) is 2.57. The monoisotopic (exact) mass is 496 g/mol. The maximum atomic E-state index is 10.4. The van der Waals surface area contributed by atoms with E-state index in [4.69, 9.17) is 10.2 Å². The number of ketones is 2. The van der Waals surface area contributed by atoms with Gasteiger partial charge in [0.2, 0.25) is 0 Å². The van der Waals surface area contributed by atoms with E-state index in [1.807, 2.05) is 13.8 Å². The van der Waals surface area contributed by atoms with Gasteiger partial charge in [-0.05, 0) is 26.7 Å². The van der Waals surface area contributed by atoms with Crippen LogP contribution in [0.5, 0.6) is 0 Å². The molecule has 0 bridgehead atoms. The number of carboxylic acids is 2. The van der Waals surface area contributed by atoms with Gasteiger partial charge in [-0.3, -0.25) is 19.2 Å². The van der Waals surface area contributed by atoms with E-state index < -0.39 is 23.8 Å². The van der Waals surface area contributed by atoms with Gasteiger partial charge >= 0.3 is 38.1 Å². The average molecular weight is 498 g/mol. The van der Waals surface area contributed by atoms with Crippen molar-refractivity contribution in [3.63, 3.8) is 0 Å². The normalized spacial score (nSPS) is 10.8. The largest absolute Gasteiger partial charge is 2.00 e. The fourth-order valence-electron chi connectivity index (χ4n) is 1.56. The van der Waals surface area contributed by atoms with Crippen LogP contribution in [0.4, 0.5) is 0 Å². The molecule has 0 saturated heterocycles. The second-order valence-corrected chi connectivity index (χ2v) is 5.93. The number of unbranched alkanes of at least 4 members (excludes halogenated alkanes) is 2. The van der Waals surface area contributed by atoms with Gasteiger partial charge in [-0.2, -0.15) is 0 Å². The van der Waals surface area contributed by atoms with Gasteiger partial charge in [0.15, 0.2) is 0 Å². The summed E-state index contributed by atoms with van der Waals surface area (Å²) in [5.74, 6) is -4.19. The molecule has 0 fully saturated rings. The van der Waals surface area contributed by atoms with Gasteiger partial charge in [-0.25, -0.2) is 0 Å². The zero-order valence-corrected chi connectivity index (χ0v) is 21.1. The Kier molecular flexibility index (Phi) is 39.0. The Bertz CT molecular complexity index is 343. The minimum atomic E-state index is -1.02. The summed E-state index contributed by atoms with van der Waals surface area (Å²) in [5, 5.41) is 35.7. The number of aliphatic carboxylic acids is 2. The minimum Gasteiger partial charge on any atom is -0.854 e. The molecule has 8 nitrogen and oxygen atoms in total. The second-order valence-electron chi connectivity index (χ2n) is 5.93. The first-order valence-corrected chi connectivity index (χ1v) is 9.64. The Morgan fingerprint density at radius 1 is 0.690 bits per heavy atom. The van der Waals surface area contributed by atoms with Crippen LogP contribution in [-0.4, -0.2) is 46.9 Å². The van der Waals surface area contributed by atoms with Gasteiger partial charge in [-0.1, -0.05) is 53.4 Å². The van der Waals surface area contributed by atoms with Crippen LogP contribution in [0.1, 0.15) is 80.1 Å². The van der Waals surface area contributed by atoms with Crippen LogP contribution in [0, 0.1) is 11.8 Å². The van der Waals surface area contributed by atoms with E-state index in [1.54, 1.807) is 13.8 Å². The molecule has 0 aromatic carbocycles.